The monoisotopic (exact) mass is 264 g/mol. The van der Waals surface area contributed by atoms with Crippen LogP contribution >= 0.6 is 0 Å². The zero-order chi connectivity index (χ0) is 13.9. The average Bonchev–Trinajstić information content (AvgIpc) is 2.41. The zero-order valence-corrected chi connectivity index (χ0v) is 12.0. The van der Waals surface area contributed by atoms with Gasteiger partial charge in [0.15, 0.2) is 0 Å². The summed E-state index contributed by atoms with van der Waals surface area (Å²) in [6.07, 6.45) is 3.72. The highest BCUT2D eigenvalue weighted by Gasteiger charge is 2.28. The highest BCUT2D eigenvalue weighted by molar-refractivity contribution is 5.20. The van der Waals surface area contributed by atoms with Crippen molar-refractivity contribution in [3.8, 4) is 0 Å². The molecule has 2 nitrogen and oxygen atoms in total. The Hall–Kier alpha value is -0.930. The second kappa shape index (κ2) is 6.02. The Morgan fingerprint density at radius 1 is 1.37 bits per heavy atom. The summed E-state index contributed by atoms with van der Waals surface area (Å²) in [7, 11) is 0. The minimum atomic E-state index is -0.204. The Bertz CT molecular complexity index is 411. The van der Waals surface area contributed by atoms with E-state index >= 15 is 0 Å². The van der Waals surface area contributed by atoms with Gasteiger partial charge in [-0.1, -0.05) is 32.4 Å². The van der Waals surface area contributed by atoms with E-state index in [4.69, 9.17) is 5.73 Å². The molecule has 0 radical (unpaired) electrons. The van der Waals surface area contributed by atoms with Crippen molar-refractivity contribution in [3.05, 3.63) is 35.6 Å². The Labute approximate surface area is 115 Å². The van der Waals surface area contributed by atoms with Crippen molar-refractivity contribution in [1.29, 1.82) is 0 Å². The largest absolute Gasteiger partial charge is 0.323 e. The van der Waals surface area contributed by atoms with E-state index in [1.54, 1.807) is 12.1 Å². The normalized spacial score (nSPS) is 21.3. The van der Waals surface area contributed by atoms with E-state index in [1.165, 1.54) is 25.3 Å². The molecule has 1 heterocycles. The van der Waals surface area contributed by atoms with Gasteiger partial charge in [0.25, 0.3) is 0 Å². The van der Waals surface area contributed by atoms with Gasteiger partial charge in [-0.25, -0.2) is 4.39 Å². The van der Waals surface area contributed by atoms with E-state index in [-0.39, 0.29) is 11.9 Å². The van der Waals surface area contributed by atoms with Crippen LogP contribution in [0, 0.1) is 11.2 Å². The quantitative estimate of drug-likeness (QED) is 0.903. The fourth-order valence-corrected chi connectivity index (χ4v) is 2.75. The molecule has 1 aliphatic rings. The number of hydrogen-bond acceptors (Lipinski definition) is 2. The maximum absolute atomic E-state index is 13.2. The summed E-state index contributed by atoms with van der Waals surface area (Å²) < 4.78 is 13.2. The molecule has 3 heteroatoms. The molecule has 106 valence electrons. The lowest BCUT2D eigenvalue weighted by Gasteiger charge is -2.39. The summed E-state index contributed by atoms with van der Waals surface area (Å²) in [4.78, 5) is 2.41. The van der Waals surface area contributed by atoms with Gasteiger partial charge in [-0.3, -0.25) is 0 Å². The Morgan fingerprint density at radius 3 is 2.63 bits per heavy atom. The molecule has 1 aromatic carbocycles. The Kier molecular flexibility index (Phi) is 4.58. The second-order valence-electron chi connectivity index (χ2n) is 6.13. The molecule has 2 rings (SSSR count). The summed E-state index contributed by atoms with van der Waals surface area (Å²) in [5, 5.41) is 0. The number of piperidine rings is 1. The molecule has 1 saturated heterocycles. The lowest BCUT2D eigenvalue weighted by molar-refractivity contribution is 0.110. The number of likely N-dealkylation sites (tertiary alicyclic amines) is 1. The van der Waals surface area contributed by atoms with Crippen molar-refractivity contribution in [1.82, 2.24) is 4.90 Å². The van der Waals surface area contributed by atoms with Crippen LogP contribution in [0.2, 0.25) is 0 Å². The van der Waals surface area contributed by atoms with E-state index in [2.05, 4.69) is 18.7 Å². The summed E-state index contributed by atoms with van der Waals surface area (Å²) in [5.41, 5.74) is 7.58. The topological polar surface area (TPSA) is 29.3 Å². The lowest BCUT2D eigenvalue weighted by Crippen LogP contribution is -2.41. The number of halogens is 1. The smallest absolute Gasteiger partial charge is 0.123 e. The van der Waals surface area contributed by atoms with Crippen molar-refractivity contribution in [2.75, 3.05) is 19.6 Å². The van der Waals surface area contributed by atoms with Crippen molar-refractivity contribution in [2.24, 2.45) is 11.1 Å². The maximum Gasteiger partial charge on any atom is 0.123 e. The van der Waals surface area contributed by atoms with Crippen molar-refractivity contribution in [2.45, 2.75) is 39.2 Å². The third-order valence-corrected chi connectivity index (χ3v) is 4.65. The highest BCUT2D eigenvalue weighted by atomic mass is 19.1. The zero-order valence-electron chi connectivity index (χ0n) is 12.0. The van der Waals surface area contributed by atoms with Gasteiger partial charge in [-0.05, 0) is 49.0 Å². The minimum Gasteiger partial charge on any atom is -0.323 e. The molecule has 2 N–H and O–H groups in total. The van der Waals surface area contributed by atoms with Gasteiger partial charge in [0.2, 0.25) is 0 Å². The summed E-state index contributed by atoms with van der Waals surface area (Å²) in [6.45, 7) is 7.68. The first-order valence-corrected chi connectivity index (χ1v) is 7.26. The molecule has 1 aromatic rings. The van der Waals surface area contributed by atoms with Gasteiger partial charge in [-0.15, -0.1) is 0 Å². The van der Waals surface area contributed by atoms with Gasteiger partial charge < -0.3 is 10.6 Å². The van der Waals surface area contributed by atoms with Crippen molar-refractivity contribution >= 4 is 0 Å². The molecule has 0 saturated carbocycles. The average molecular weight is 264 g/mol. The molecule has 1 fully saturated rings. The molecule has 0 spiro atoms. The summed E-state index contributed by atoms with van der Waals surface area (Å²) >= 11 is 0. The fourth-order valence-electron chi connectivity index (χ4n) is 2.75. The molecule has 0 aliphatic carbocycles. The lowest BCUT2D eigenvalue weighted by atomic mass is 9.78. The van der Waals surface area contributed by atoms with Crippen LogP contribution in [0.25, 0.3) is 0 Å². The van der Waals surface area contributed by atoms with Gasteiger partial charge in [0, 0.05) is 12.6 Å². The minimum absolute atomic E-state index is 0.0957. The van der Waals surface area contributed by atoms with Crippen LogP contribution < -0.4 is 5.73 Å². The molecular formula is C16H25FN2. The highest BCUT2D eigenvalue weighted by Crippen LogP contribution is 2.34. The SMILES string of the molecule is CCC1(C)CCN(CC(N)c2cccc(F)c2)CC1. The number of benzene rings is 1. The van der Waals surface area contributed by atoms with Gasteiger partial charge in [0.1, 0.15) is 5.82 Å². The predicted octanol–water partition coefficient (Wildman–Crippen LogP) is 3.34. The van der Waals surface area contributed by atoms with Crippen LogP contribution in [0.5, 0.6) is 0 Å². The Balaban J connectivity index is 1.89. The molecule has 1 unspecified atom stereocenters. The van der Waals surface area contributed by atoms with E-state index in [0.717, 1.165) is 25.2 Å². The van der Waals surface area contributed by atoms with Crippen LogP contribution in [-0.2, 0) is 0 Å². The number of hydrogen-bond donors (Lipinski definition) is 1. The van der Waals surface area contributed by atoms with Crippen molar-refractivity contribution in [3.63, 3.8) is 0 Å². The molecule has 19 heavy (non-hydrogen) atoms. The van der Waals surface area contributed by atoms with E-state index in [0.29, 0.717) is 5.41 Å². The maximum atomic E-state index is 13.2. The first-order chi connectivity index (χ1) is 9.02. The van der Waals surface area contributed by atoms with E-state index in [9.17, 15) is 4.39 Å². The Morgan fingerprint density at radius 2 is 2.05 bits per heavy atom. The molecule has 1 atom stereocenters. The molecule has 0 amide bonds. The first kappa shape index (κ1) is 14.5. The first-order valence-electron chi connectivity index (χ1n) is 7.26. The molecule has 0 bridgehead atoms. The fraction of sp³-hybridized carbons (Fsp3) is 0.625. The number of nitrogens with two attached hydrogens (primary N) is 1. The third kappa shape index (κ3) is 3.77. The van der Waals surface area contributed by atoms with Crippen LogP contribution in [0.15, 0.2) is 24.3 Å². The molecule has 1 aliphatic heterocycles. The number of rotatable bonds is 4. The van der Waals surface area contributed by atoms with E-state index < -0.39 is 0 Å². The van der Waals surface area contributed by atoms with Crippen LogP contribution in [-0.4, -0.2) is 24.5 Å². The molecule has 0 aromatic heterocycles. The van der Waals surface area contributed by atoms with Gasteiger partial charge in [0.05, 0.1) is 0 Å². The van der Waals surface area contributed by atoms with Gasteiger partial charge in [-0.2, -0.15) is 0 Å². The third-order valence-electron chi connectivity index (χ3n) is 4.65. The number of nitrogens with zero attached hydrogens (tertiary/aromatic N) is 1. The van der Waals surface area contributed by atoms with Gasteiger partial charge >= 0.3 is 0 Å². The van der Waals surface area contributed by atoms with E-state index in [1.807, 2.05) is 6.07 Å². The van der Waals surface area contributed by atoms with Crippen molar-refractivity contribution < 1.29 is 4.39 Å². The summed E-state index contributed by atoms with van der Waals surface area (Å²) in [5.74, 6) is -0.204. The second-order valence-corrected chi connectivity index (χ2v) is 6.13. The van der Waals surface area contributed by atoms with Crippen LogP contribution in [0.3, 0.4) is 0 Å². The van der Waals surface area contributed by atoms with Crippen LogP contribution in [0.1, 0.15) is 44.7 Å². The standard InChI is InChI=1S/C16H25FN2/c1-3-16(2)7-9-19(10-8-16)12-15(18)13-5-4-6-14(17)11-13/h4-6,11,15H,3,7-10,12,18H2,1-2H3. The predicted molar refractivity (Wildman–Crippen MR) is 77.4 cm³/mol. The van der Waals surface area contributed by atoms with Crippen LogP contribution in [0.4, 0.5) is 4.39 Å². The summed E-state index contributed by atoms with van der Waals surface area (Å²) in [6, 6.07) is 6.55. The molecular weight excluding hydrogens is 239 g/mol.